The van der Waals surface area contributed by atoms with Crippen molar-refractivity contribution in [3.63, 3.8) is 0 Å². The predicted molar refractivity (Wildman–Crippen MR) is 160 cm³/mol. The van der Waals surface area contributed by atoms with Crippen molar-refractivity contribution in [2.75, 3.05) is 37.6 Å². The first-order chi connectivity index (χ1) is 22.1. The van der Waals surface area contributed by atoms with E-state index >= 15 is 4.39 Å². The number of benzene rings is 2. The number of pyridine rings is 1. The number of aromatic nitrogens is 3. The Bertz CT molecular complexity index is 1950. The summed E-state index contributed by atoms with van der Waals surface area (Å²) in [5, 5.41) is 15.0. The van der Waals surface area contributed by atoms with E-state index in [1.165, 1.54) is 30.5 Å². The molecule has 4 aliphatic rings. The van der Waals surface area contributed by atoms with E-state index in [2.05, 4.69) is 26.2 Å². The van der Waals surface area contributed by atoms with Crippen molar-refractivity contribution in [3.05, 3.63) is 47.7 Å². The Morgan fingerprint density at radius 1 is 1.18 bits per heavy atom. The van der Waals surface area contributed by atoms with E-state index in [9.17, 15) is 13.9 Å². The van der Waals surface area contributed by atoms with Crippen molar-refractivity contribution >= 4 is 27.5 Å². The number of aromatic hydroxyl groups is 1. The molecule has 0 spiro atoms. The van der Waals surface area contributed by atoms with Crippen LogP contribution in [0.4, 0.5) is 19.0 Å². The largest absolute Gasteiger partial charge is 0.508 e. The Morgan fingerprint density at radius 3 is 2.80 bits per heavy atom. The van der Waals surface area contributed by atoms with Gasteiger partial charge in [0.15, 0.2) is 5.82 Å². The van der Waals surface area contributed by atoms with E-state index in [-0.39, 0.29) is 69.9 Å². The van der Waals surface area contributed by atoms with Crippen LogP contribution in [-0.2, 0) is 0 Å². The molecule has 8 nitrogen and oxygen atoms in total. The number of terminal acetylenes is 1. The van der Waals surface area contributed by atoms with Crippen LogP contribution < -0.4 is 15.0 Å². The fraction of sp³-hybridized carbons (Fsp3) is 0.424. The van der Waals surface area contributed by atoms with Gasteiger partial charge in [0.2, 0.25) is 0 Å². The lowest BCUT2D eigenvalue weighted by atomic mass is 9.95. The molecule has 0 radical (unpaired) electrons. The van der Waals surface area contributed by atoms with Crippen molar-refractivity contribution in [1.29, 1.82) is 0 Å². The molecule has 4 aromatic rings. The number of nitrogens with zero attached hydrogens (tertiary/aromatic N) is 5. The third-order valence-electron chi connectivity index (χ3n) is 9.54. The number of rotatable bonds is 5. The van der Waals surface area contributed by atoms with Gasteiger partial charge in [-0.1, -0.05) is 12.0 Å². The maximum absolute atomic E-state index is 16.8. The maximum atomic E-state index is 16.8. The lowest BCUT2D eigenvalue weighted by molar-refractivity contribution is 0.107. The highest BCUT2D eigenvalue weighted by Gasteiger charge is 2.49. The average molecular weight is 603 g/mol. The number of fused-ring (bicyclic) bond motifs is 5. The zero-order valence-electron chi connectivity index (χ0n) is 25.8. The lowest BCUT2D eigenvalue weighted by Crippen LogP contribution is -2.51. The molecule has 4 atom stereocenters. The summed E-state index contributed by atoms with van der Waals surface area (Å²) in [6.07, 6.45) is 8.94. The van der Waals surface area contributed by atoms with Gasteiger partial charge >= 0.3 is 6.01 Å². The molecule has 226 valence electrons. The zero-order chi connectivity index (χ0) is 32.0. The quantitative estimate of drug-likeness (QED) is 0.318. The van der Waals surface area contributed by atoms with Gasteiger partial charge in [-0.3, -0.25) is 9.88 Å². The number of nitrogens with one attached hydrogen (secondary N) is 1. The molecule has 2 bridgehead atoms. The molecule has 44 heavy (non-hydrogen) atoms. The third kappa shape index (κ3) is 4.34. The smallest absolute Gasteiger partial charge is 0.319 e. The molecule has 0 saturated carbocycles. The summed E-state index contributed by atoms with van der Waals surface area (Å²) in [4.78, 5) is 17.3. The van der Waals surface area contributed by atoms with Crippen molar-refractivity contribution in [1.82, 2.24) is 25.2 Å². The van der Waals surface area contributed by atoms with Crippen LogP contribution in [0, 0.1) is 24.0 Å². The molecule has 2 unspecified atom stereocenters. The number of hydrogen-bond acceptors (Lipinski definition) is 8. The Balaban J connectivity index is 1.31. The summed E-state index contributed by atoms with van der Waals surface area (Å²) in [7, 11) is 0. The van der Waals surface area contributed by atoms with Gasteiger partial charge in [-0.2, -0.15) is 9.97 Å². The summed E-state index contributed by atoms with van der Waals surface area (Å²) in [5.74, 6) is 0.913. The standard InChI is InChI=1S/C33H31F3N6O2/c1-2-23-26(35)7-4-18-10-22(43)11-24(27(18)23)29-28(36)30-25(13-37-29)31(41-15-20-5-6-21(16-41)38-20)40-32(39-30)44-17-33-8-3-9-42(33)14-19(34)12-33/h1,4,7,10-11,13,19-21,38,43H,3,5-6,8-9,12,14-17H2/t19-,20?,21?,33+/m1/s1/i17D2. The van der Waals surface area contributed by atoms with Crippen LogP contribution in [0.15, 0.2) is 30.5 Å². The van der Waals surface area contributed by atoms with Gasteiger partial charge in [0, 0.05) is 55.3 Å². The second kappa shape index (κ2) is 10.2. The van der Waals surface area contributed by atoms with Gasteiger partial charge in [0.25, 0.3) is 0 Å². The van der Waals surface area contributed by atoms with Crippen LogP contribution in [0.3, 0.4) is 0 Å². The van der Waals surface area contributed by atoms with Crippen LogP contribution in [0.25, 0.3) is 32.9 Å². The highest BCUT2D eigenvalue weighted by atomic mass is 19.1. The molecule has 4 aliphatic heterocycles. The fourth-order valence-electron chi connectivity index (χ4n) is 7.62. The van der Waals surface area contributed by atoms with Gasteiger partial charge in [0.1, 0.15) is 41.3 Å². The number of phenols is 1. The van der Waals surface area contributed by atoms with Gasteiger partial charge < -0.3 is 20.1 Å². The second-order valence-corrected chi connectivity index (χ2v) is 12.3. The predicted octanol–water partition coefficient (Wildman–Crippen LogP) is 4.71. The molecule has 2 aromatic heterocycles. The van der Waals surface area contributed by atoms with E-state index in [1.54, 1.807) is 4.90 Å². The molecule has 6 heterocycles. The molecule has 0 aliphatic carbocycles. The zero-order valence-corrected chi connectivity index (χ0v) is 23.8. The summed E-state index contributed by atoms with van der Waals surface area (Å²) >= 11 is 0. The maximum Gasteiger partial charge on any atom is 0.319 e. The molecule has 0 amide bonds. The van der Waals surface area contributed by atoms with E-state index in [1.807, 2.05) is 4.90 Å². The first-order valence-electron chi connectivity index (χ1n) is 15.9. The number of anilines is 1. The fourth-order valence-corrected chi connectivity index (χ4v) is 7.62. The molecule has 11 heteroatoms. The van der Waals surface area contributed by atoms with E-state index in [0.29, 0.717) is 43.7 Å². The molecule has 8 rings (SSSR count). The normalized spacial score (nSPS) is 27.4. The van der Waals surface area contributed by atoms with Crippen LogP contribution in [0.2, 0.25) is 0 Å². The summed E-state index contributed by atoms with van der Waals surface area (Å²) < 4.78 is 70.2. The second-order valence-electron chi connectivity index (χ2n) is 12.3. The Morgan fingerprint density at radius 2 is 2.00 bits per heavy atom. The minimum Gasteiger partial charge on any atom is -0.508 e. The van der Waals surface area contributed by atoms with E-state index in [4.69, 9.17) is 13.9 Å². The highest BCUT2D eigenvalue weighted by Crippen LogP contribution is 2.42. The monoisotopic (exact) mass is 602 g/mol. The van der Waals surface area contributed by atoms with Gasteiger partial charge in [-0.25, -0.2) is 13.2 Å². The summed E-state index contributed by atoms with van der Waals surface area (Å²) in [6, 6.07) is 5.33. The van der Waals surface area contributed by atoms with Gasteiger partial charge in [0.05, 0.1) is 19.2 Å². The van der Waals surface area contributed by atoms with Crippen LogP contribution in [-0.4, -0.2) is 81.5 Å². The topological polar surface area (TPSA) is 86.6 Å². The van der Waals surface area contributed by atoms with Gasteiger partial charge in [-0.15, -0.1) is 6.42 Å². The minimum absolute atomic E-state index is 0.0251. The average Bonchev–Trinajstić information content (AvgIpc) is 3.68. The number of alkyl halides is 1. The molecular formula is C33H31F3N6O2. The van der Waals surface area contributed by atoms with E-state index in [0.717, 1.165) is 12.8 Å². The third-order valence-corrected chi connectivity index (χ3v) is 9.54. The number of phenolic OH excluding ortho intramolecular Hbond substituents is 1. The van der Waals surface area contributed by atoms with Crippen molar-refractivity contribution in [3.8, 4) is 35.4 Å². The Kier molecular flexibility index (Phi) is 5.85. The van der Waals surface area contributed by atoms with Crippen LogP contribution >= 0.6 is 0 Å². The Labute approximate surface area is 255 Å². The molecular weight excluding hydrogens is 569 g/mol. The van der Waals surface area contributed by atoms with Crippen molar-refractivity contribution < 1.29 is 25.8 Å². The first-order valence-corrected chi connectivity index (χ1v) is 14.9. The molecule has 4 fully saturated rings. The summed E-state index contributed by atoms with van der Waals surface area (Å²) in [6.45, 7) is -0.537. The van der Waals surface area contributed by atoms with Crippen LogP contribution in [0.5, 0.6) is 11.8 Å². The number of piperazine rings is 1. The van der Waals surface area contributed by atoms with Crippen molar-refractivity contribution in [2.45, 2.75) is 55.9 Å². The lowest BCUT2D eigenvalue weighted by Gasteiger charge is -2.34. The number of ether oxygens (including phenoxy) is 1. The molecule has 4 saturated heterocycles. The van der Waals surface area contributed by atoms with E-state index < -0.39 is 29.9 Å². The van der Waals surface area contributed by atoms with Gasteiger partial charge in [-0.05, 0) is 55.8 Å². The SMILES string of the molecule is [2H]C([2H])(Oc1nc(N2CC3CCC(C2)N3)c2cnc(-c3cc(O)cc4ccc(F)c(C#C)c34)c(F)c2n1)[C@@]12CCCN1C[C@H](F)C2. The first kappa shape index (κ1) is 25.2. The molecule has 2 aromatic carbocycles. The number of halogens is 3. The Hall–Kier alpha value is -4.14. The highest BCUT2D eigenvalue weighted by molar-refractivity contribution is 6.03. The summed E-state index contributed by atoms with van der Waals surface area (Å²) in [5.41, 5.74) is -1.64. The minimum atomic E-state index is -2.38. The van der Waals surface area contributed by atoms with Crippen LogP contribution in [0.1, 0.15) is 40.4 Å². The molecule has 2 N–H and O–H groups in total. The number of hydrogen-bond donors (Lipinski definition) is 2. The van der Waals surface area contributed by atoms with Crippen molar-refractivity contribution in [2.24, 2.45) is 0 Å².